The Hall–Kier alpha value is -3.18. The molecule has 4 aromatic rings. The Balaban J connectivity index is 1.42. The lowest BCUT2D eigenvalue weighted by Crippen LogP contribution is -2.24. The van der Waals surface area contributed by atoms with E-state index in [1.807, 2.05) is 47.8 Å². The van der Waals surface area contributed by atoms with Crippen molar-refractivity contribution in [3.8, 4) is 0 Å². The van der Waals surface area contributed by atoms with Crippen molar-refractivity contribution < 1.29 is 4.79 Å². The second-order valence-electron chi connectivity index (χ2n) is 6.78. The average Bonchev–Trinajstić information content (AvgIpc) is 3.41. The van der Waals surface area contributed by atoms with Gasteiger partial charge in [0, 0.05) is 19.5 Å². The van der Waals surface area contributed by atoms with Crippen molar-refractivity contribution in [2.24, 2.45) is 0 Å². The molecular formula is C24H23N3OS. The van der Waals surface area contributed by atoms with Gasteiger partial charge in [-0.15, -0.1) is 11.3 Å². The predicted molar refractivity (Wildman–Crippen MR) is 120 cm³/mol. The van der Waals surface area contributed by atoms with Crippen LogP contribution < -0.4 is 5.32 Å². The number of amides is 1. The van der Waals surface area contributed by atoms with Gasteiger partial charge in [-0.25, -0.2) is 4.98 Å². The monoisotopic (exact) mass is 401 g/mol. The lowest BCUT2D eigenvalue weighted by atomic mass is 10.2. The molecule has 1 amide bonds. The summed E-state index contributed by atoms with van der Waals surface area (Å²) in [6.45, 7) is 1.41. The van der Waals surface area contributed by atoms with Crippen molar-refractivity contribution in [1.82, 2.24) is 14.9 Å². The molecule has 0 atom stereocenters. The molecule has 0 saturated carbocycles. The molecule has 1 N–H and O–H groups in total. The predicted octanol–water partition coefficient (Wildman–Crippen LogP) is 5.17. The molecule has 0 aliphatic carbocycles. The van der Waals surface area contributed by atoms with E-state index >= 15 is 0 Å². The van der Waals surface area contributed by atoms with Gasteiger partial charge in [-0.1, -0.05) is 60.7 Å². The number of benzene rings is 2. The van der Waals surface area contributed by atoms with E-state index in [-0.39, 0.29) is 5.91 Å². The standard InChI is InChI=1S/C24H23N3OS/c28-24(22-14-8-18-29-22)25-16-6-15-23-26-20-12-4-5-13-21(20)27(23)17-7-11-19-9-2-1-3-10-19/h1-5,7-14,18H,6,15-17H2,(H,25,28)/b11-7+. The second kappa shape index (κ2) is 9.34. The Kier molecular flexibility index (Phi) is 6.17. The highest BCUT2D eigenvalue weighted by molar-refractivity contribution is 7.12. The molecule has 4 rings (SSSR count). The normalized spacial score (nSPS) is 11.3. The summed E-state index contributed by atoms with van der Waals surface area (Å²) < 4.78 is 2.26. The molecule has 0 radical (unpaired) electrons. The van der Waals surface area contributed by atoms with Gasteiger partial charge in [0.2, 0.25) is 0 Å². The third kappa shape index (κ3) is 4.81. The fourth-order valence-electron chi connectivity index (χ4n) is 3.32. The maximum absolute atomic E-state index is 12.1. The first kappa shape index (κ1) is 19.2. The van der Waals surface area contributed by atoms with Gasteiger partial charge in [0.1, 0.15) is 5.82 Å². The zero-order valence-corrected chi connectivity index (χ0v) is 16.9. The van der Waals surface area contributed by atoms with Crippen LogP contribution in [-0.2, 0) is 13.0 Å². The van der Waals surface area contributed by atoms with Crippen LogP contribution in [0.2, 0.25) is 0 Å². The van der Waals surface area contributed by atoms with Crippen molar-refractivity contribution >= 4 is 34.4 Å². The van der Waals surface area contributed by atoms with Crippen LogP contribution in [0.15, 0.2) is 78.2 Å². The number of allylic oxidation sites excluding steroid dienone is 1. The van der Waals surface area contributed by atoms with Gasteiger partial charge < -0.3 is 9.88 Å². The summed E-state index contributed by atoms with van der Waals surface area (Å²) in [5.74, 6) is 1.05. The zero-order valence-electron chi connectivity index (χ0n) is 16.1. The molecule has 0 spiro atoms. The average molecular weight is 402 g/mol. The zero-order chi connectivity index (χ0) is 19.9. The van der Waals surface area contributed by atoms with E-state index in [9.17, 15) is 4.79 Å². The Morgan fingerprint density at radius 2 is 1.86 bits per heavy atom. The minimum Gasteiger partial charge on any atom is -0.351 e. The van der Waals surface area contributed by atoms with E-state index in [0.29, 0.717) is 6.54 Å². The van der Waals surface area contributed by atoms with Gasteiger partial charge in [0.15, 0.2) is 0 Å². The third-order valence-corrected chi connectivity index (χ3v) is 5.61. The number of hydrogen-bond donors (Lipinski definition) is 1. The molecule has 4 nitrogen and oxygen atoms in total. The van der Waals surface area contributed by atoms with Crippen molar-refractivity contribution in [1.29, 1.82) is 0 Å². The molecule has 29 heavy (non-hydrogen) atoms. The summed E-state index contributed by atoms with van der Waals surface area (Å²) in [6.07, 6.45) is 5.98. The van der Waals surface area contributed by atoms with Crippen LogP contribution in [0.3, 0.4) is 0 Å². The molecule has 0 aliphatic heterocycles. The number of aromatic nitrogens is 2. The Morgan fingerprint density at radius 3 is 2.69 bits per heavy atom. The maximum atomic E-state index is 12.1. The summed E-state index contributed by atoms with van der Waals surface area (Å²) in [5.41, 5.74) is 3.34. The Bertz CT molecular complexity index is 1100. The number of hydrogen-bond acceptors (Lipinski definition) is 3. The Morgan fingerprint density at radius 1 is 1.03 bits per heavy atom. The molecule has 0 bridgehead atoms. The van der Waals surface area contributed by atoms with E-state index < -0.39 is 0 Å². The number of carbonyl (C=O) groups excluding carboxylic acids is 1. The molecule has 0 fully saturated rings. The van der Waals surface area contributed by atoms with Gasteiger partial charge in [0.25, 0.3) is 5.91 Å². The van der Waals surface area contributed by atoms with E-state index in [2.05, 4.69) is 46.3 Å². The number of rotatable bonds is 8. The van der Waals surface area contributed by atoms with Crippen LogP contribution in [0.1, 0.15) is 27.5 Å². The SMILES string of the molecule is O=C(NCCCc1nc2ccccc2n1C/C=C/c1ccccc1)c1cccs1. The summed E-state index contributed by atoms with van der Waals surface area (Å²) in [7, 11) is 0. The highest BCUT2D eigenvalue weighted by atomic mass is 32.1. The van der Waals surface area contributed by atoms with E-state index in [1.54, 1.807) is 0 Å². The second-order valence-corrected chi connectivity index (χ2v) is 7.72. The maximum Gasteiger partial charge on any atom is 0.261 e. The molecule has 0 saturated heterocycles. The number of carbonyl (C=O) groups is 1. The van der Waals surface area contributed by atoms with Crippen molar-refractivity contribution in [2.75, 3.05) is 6.54 Å². The molecule has 2 aromatic heterocycles. The van der Waals surface area contributed by atoms with Gasteiger partial charge in [-0.3, -0.25) is 4.79 Å². The van der Waals surface area contributed by atoms with Crippen LogP contribution >= 0.6 is 11.3 Å². The van der Waals surface area contributed by atoms with E-state index in [1.165, 1.54) is 16.9 Å². The van der Waals surface area contributed by atoms with Gasteiger partial charge in [-0.05, 0) is 35.6 Å². The summed E-state index contributed by atoms with van der Waals surface area (Å²) in [5, 5.41) is 4.91. The van der Waals surface area contributed by atoms with Crippen molar-refractivity contribution in [2.45, 2.75) is 19.4 Å². The van der Waals surface area contributed by atoms with Gasteiger partial charge in [-0.2, -0.15) is 0 Å². The topological polar surface area (TPSA) is 46.9 Å². The number of nitrogens with one attached hydrogen (secondary N) is 1. The Labute approximate surface area is 174 Å². The minimum absolute atomic E-state index is 0.000651. The molecule has 5 heteroatoms. The first-order chi connectivity index (χ1) is 14.3. The number of thiophene rings is 1. The third-order valence-electron chi connectivity index (χ3n) is 4.74. The fourth-order valence-corrected chi connectivity index (χ4v) is 3.96. The summed E-state index contributed by atoms with van der Waals surface area (Å²) in [4.78, 5) is 17.6. The first-order valence-electron chi connectivity index (χ1n) is 9.79. The van der Waals surface area contributed by atoms with Crippen LogP contribution in [0.25, 0.3) is 17.1 Å². The molecule has 2 heterocycles. The smallest absolute Gasteiger partial charge is 0.261 e. The number of imidazole rings is 1. The van der Waals surface area contributed by atoms with Crippen molar-refractivity contribution in [3.63, 3.8) is 0 Å². The lowest BCUT2D eigenvalue weighted by molar-refractivity contribution is 0.0957. The molecule has 146 valence electrons. The van der Waals surface area contributed by atoms with Crippen LogP contribution in [0, 0.1) is 0 Å². The van der Waals surface area contributed by atoms with Gasteiger partial charge in [0.05, 0.1) is 15.9 Å². The number of fused-ring (bicyclic) bond motifs is 1. The minimum atomic E-state index is -0.000651. The van der Waals surface area contributed by atoms with E-state index in [4.69, 9.17) is 4.98 Å². The first-order valence-corrected chi connectivity index (χ1v) is 10.7. The van der Waals surface area contributed by atoms with Crippen LogP contribution in [0.5, 0.6) is 0 Å². The molecule has 0 aliphatic rings. The summed E-state index contributed by atoms with van der Waals surface area (Å²) in [6, 6.07) is 22.3. The van der Waals surface area contributed by atoms with Gasteiger partial charge >= 0.3 is 0 Å². The molecule has 2 aromatic carbocycles. The van der Waals surface area contributed by atoms with Crippen molar-refractivity contribution in [3.05, 3.63) is 94.5 Å². The van der Waals surface area contributed by atoms with E-state index in [0.717, 1.165) is 41.1 Å². The molecule has 0 unspecified atom stereocenters. The number of nitrogens with zero attached hydrogens (tertiary/aromatic N) is 2. The quantitative estimate of drug-likeness (QED) is 0.414. The number of aryl methyl sites for hydroxylation is 1. The molecular weight excluding hydrogens is 378 g/mol. The number of para-hydroxylation sites is 2. The lowest BCUT2D eigenvalue weighted by Gasteiger charge is -2.07. The van der Waals surface area contributed by atoms with Crippen LogP contribution in [-0.4, -0.2) is 22.0 Å². The highest BCUT2D eigenvalue weighted by Crippen LogP contribution is 2.18. The largest absolute Gasteiger partial charge is 0.351 e. The van der Waals surface area contributed by atoms with Crippen LogP contribution in [0.4, 0.5) is 0 Å². The fraction of sp³-hybridized carbons (Fsp3) is 0.167. The summed E-state index contributed by atoms with van der Waals surface area (Å²) >= 11 is 1.46. The highest BCUT2D eigenvalue weighted by Gasteiger charge is 2.10.